The maximum absolute atomic E-state index is 11.4. The molecule has 0 saturated heterocycles. The van der Waals surface area contributed by atoms with Crippen LogP contribution in [0.5, 0.6) is 5.75 Å². The van der Waals surface area contributed by atoms with Crippen LogP contribution in [0.15, 0.2) is 18.2 Å². The summed E-state index contributed by atoms with van der Waals surface area (Å²) in [5.41, 5.74) is 2.46. The van der Waals surface area contributed by atoms with Crippen LogP contribution in [-0.4, -0.2) is 5.97 Å². The lowest BCUT2D eigenvalue weighted by Crippen LogP contribution is -2.10. The predicted molar refractivity (Wildman–Crippen MR) is 70.3 cm³/mol. The van der Waals surface area contributed by atoms with Crippen molar-refractivity contribution in [2.24, 2.45) is 5.92 Å². The molecule has 0 atom stereocenters. The van der Waals surface area contributed by atoms with Gasteiger partial charge in [-0.3, -0.25) is 4.79 Å². The molecule has 0 fully saturated rings. The second kappa shape index (κ2) is 6.43. The van der Waals surface area contributed by atoms with Crippen molar-refractivity contribution in [1.82, 2.24) is 0 Å². The van der Waals surface area contributed by atoms with E-state index in [0.717, 1.165) is 18.6 Å². The lowest BCUT2D eigenvalue weighted by atomic mass is 9.96. The van der Waals surface area contributed by atoms with E-state index >= 15 is 0 Å². The minimum atomic E-state index is -0.164. The van der Waals surface area contributed by atoms with E-state index in [1.807, 2.05) is 19.1 Å². The Kier molecular flexibility index (Phi) is 5.20. The molecule has 0 amide bonds. The van der Waals surface area contributed by atoms with Gasteiger partial charge in [-0.25, -0.2) is 0 Å². The first-order valence-corrected chi connectivity index (χ1v) is 6.39. The molecule has 0 spiro atoms. The second-order valence-electron chi connectivity index (χ2n) is 4.67. The number of carbonyl (C=O) groups is 1. The summed E-state index contributed by atoms with van der Waals surface area (Å²) >= 11 is 0. The van der Waals surface area contributed by atoms with Crippen molar-refractivity contribution in [2.45, 2.75) is 47.0 Å². The SMILES string of the molecule is CCC(=O)Oc1cccc(CC)c1CC(C)C. The molecule has 1 aromatic rings. The largest absolute Gasteiger partial charge is 0.426 e. The van der Waals surface area contributed by atoms with Gasteiger partial charge in [0.1, 0.15) is 5.75 Å². The molecule has 0 unspecified atom stereocenters. The highest BCUT2D eigenvalue weighted by Crippen LogP contribution is 2.26. The highest BCUT2D eigenvalue weighted by atomic mass is 16.5. The maximum Gasteiger partial charge on any atom is 0.310 e. The van der Waals surface area contributed by atoms with Gasteiger partial charge in [-0.1, -0.05) is 39.8 Å². The molecule has 0 aliphatic carbocycles. The van der Waals surface area contributed by atoms with Crippen molar-refractivity contribution in [1.29, 1.82) is 0 Å². The number of aryl methyl sites for hydroxylation is 1. The fraction of sp³-hybridized carbons (Fsp3) is 0.533. The number of esters is 1. The normalized spacial score (nSPS) is 10.6. The van der Waals surface area contributed by atoms with E-state index in [9.17, 15) is 4.79 Å². The minimum Gasteiger partial charge on any atom is -0.426 e. The van der Waals surface area contributed by atoms with Crippen LogP contribution in [0, 0.1) is 5.92 Å². The van der Waals surface area contributed by atoms with Crippen molar-refractivity contribution in [2.75, 3.05) is 0 Å². The molecule has 0 saturated carbocycles. The van der Waals surface area contributed by atoms with E-state index in [4.69, 9.17) is 4.74 Å². The summed E-state index contributed by atoms with van der Waals surface area (Å²) in [5.74, 6) is 1.13. The maximum atomic E-state index is 11.4. The van der Waals surface area contributed by atoms with Gasteiger partial charge in [0.05, 0.1) is 0 Å². The van der Waals surface area contributed by atoms with Crippen LogP contribution < -0.4 is 4.74 Å². The van der Waals surface area contributed by atoms with Crippen molar-refractivity contribution in [3.05, 3.63) is 29.3 Å². The van der Waals surface area contributed by atoms with Gasteiger partial charge in [-0.05, 0) is 36.0 Å². The van der Waals surface area contributed by atoms with E-state index in [1.165, 1.54) is 11.1 Å². The van der Waals surface area contributed by atoms with E-state index in [1.54, 1.807) is 0 Å². The third-order valence-electron chi connectivity index (χ3n) is 2.74. The van der Waals surface area contributed by atoms with Crippen molar-refractivity contribution in [3.63, 3.8) is 0 Å². The van der Waals surface area contributed by atoms with E-state index in [2.05, 4.69) is 26.8 Å². The summed E-state index contributed by atoms with van der Waals surface area (Å²) < 4.78 is 5.40. The van der Waals surface area contributed by atoms with Crippen LogP contribution in [-0.2, 0) is 17.6 Å². The lowest BCUT2D eigenvalue weighted by Gasteiger charge is -2.15. The molecule has 0 bridgehead atoms. The molecule has 0 N–H and O–H groups in total. The topological polar surface area (TPSA) is 26.3 Å². The average molecular weight is 234 g/mol. The van der Waals surface area contributed by atoms with Crippen LogP contribution in [0.1, 0.15) is 45.2 Å². The summed E-state index contributed by atoms with van der Waals surface area (Å²) in [5, 5.41) is 0. The summed E-state index contributed by atoms with van der Waals surface area (Å²) in [6, 6.07) is 5.96. The molecular weight excluding hydrogens is 212 g/mol. The molecule has 1 aromatic carbocycles. The summed E-state index contributed by atoms with van der Waals surface area (Å²) in [6.07, 6.45) is 2.34. The molecule has 0 aliphatic rings. The van der Waals surface area contributed by atoms with Crippen LogP contribution in [0.4, 0.5) is 0 Å². The number of hydrogen-bond donors (Lipinski definition) is 0. The Hall–Kier alpha value is -1.31. The number of rotatable bonds is 5. The van der Waals surface area contributed by atoms with Gasteiger partial charge in [0.15, 0.2) is 0 Å². The quantitative estimate of drug-likeness (QED) is 0.572. The zero-order valence-electron chi connectivity index (χ0n) is 11.2. The zero-order valence-corrected chi connectivity index (χ0v) is 11.2. The molecule has 2 nitrogen and oxygen atoms in total. The van der Waals surface area contributed by atoms with Crippen LogP contribution in [0.2, 0.25) is 0 Å². The summed E-state index contributed by atoms with van der Waals surface area (Å²) in [6.45, 7) is 8.30. The molecule has 2 heteroatoms. The third-order valence-corrected chi connectivity index (χ3v) is 2.74. The van der Waals surface area contributed by atoms with E-state index in [-0.39, 0.29) is 5.97 Å². The smallest absolute Gasteiger partial charge is 0.310 e. The Labute approximate surface area is 104 Å². The Morgan fingerprint density at radius 1 is 1.29 bits per heavy atom. The monoisotopic (exact) mass is 234 g/mol. The molecule has 0 heterocycles. The molecule has 1 rings (SSSR count). The van der Waals surface area contributed by atoms with Gasteiger partial charge in [0.2, 0.25) is 0 Å². The van der Waals surface area contributed by atoms with Crippen LogP contribution in [0.25, 0.3) is 0 Å². The standard InChI is InChI=1S/C15H22O2/c1-5-12-8-7-9-14(17-15(16)6-2)13(12)10-11(3)4/h7-9,11H,5-6,10H2,1-4H3. The Bertz CT molecular complexity index is 381. The van der Waals surface area contributed by atoms with Crippen molar-refractivity contribution < 1.29 is 9.53 Å². The van der Waals surface area contributed by atoms with Gasteiger partial charge in [-0.15, -0.1) is 0 Å². The fourth-order valence-corrected chi connectivity index (χ4v) is 1.87. The molecule has 0 aliphatic heterocycles. The van der Waals surface area contributed by atoms with Gasteiger partial charge in [0.25, 0.3) is 0 Å². The van der Waals surface area contributed by atoms with Crippen LogP contribution in [0.3, 0.4) is 0 Å². The fourth-order valence-electron chi connectivity index (χ4n) is 1.87. The van der Waals surface area contributed by atoms with E-state index in [0.29, 0.717) is 12.3 Å². The zero-order chi connectivity index (χ0) is 12.8. The molecule has 17 heavy (non-hydrogen) atoms. The first-order chi connectivity index (χ1) is 8.08. The number of ether oxygens (including phenoxy) is 1. The van der Waals surface area contributed by atoms with Gasteiger partial charge in [-0.2, -0.15) is 0 Å². The molecule has 94 valence electrons. The summed E-state index contributed by atoms with van der Waals surface area (Å²) in [4.78, 5) is 11.4. The average Bonchev–Trinajstić information content (AvgIpc) is 2.30. The Balaban J connectivity index is 3.05. The number of hydrogen-bond acceptors (Lipinski definition) is 2. The van der Waals surface area contributed by atoms with Gasteiger partial charge in [0, 0.05) is 6.42 Å². The Morgan fingerprint density at radius 3 is 2.53 bits per heavy atom. The number of benzene rings is 1. The third kappa shape index (κ3) is 3.88. The highest BCUT2D eigenvalue weighted by molar-refractivity contribution is 5.72. The highest BCUT2D eigenvalue weighted by Gasteiger charge is 2.12. The van der Waals surface area contributed by atoms with Gasteiger partial charge >= 0.3 is 5.97 Å². The van der Waals surface area contributed by atoms with Crippen molar-refractivity contribution >= 4 is 5.97 Å². The summed E-state index contributed by atoms with van der Waals surface area (Å²) in [7, 11) is 0. The molecule has 0 radical (unpaired) electrons. The van der Waals surface area contributed by atoms with Crippen molar-refractivity contribution in [3.8, 4) is 5.75 Å². The predicted octanol–water partition coefficient (Wildman–Crippen LogP) is 3.76. The second-order valence-corrected chi connectivity index (χ2v) is 4.67. The first kappa shape index (κ1) is 13.8. The van der Waals surface area contributed by atoms with E-state index < -0.39 is 0 Å². The molecular formula is C15H22O2. The Morgan fingerprint density at radius 2 is 2.00 bits per heavy atom. The van der Waals surface area contributed by atoms with Crippen LogP contribution >= 0.6 is 0 Å². The minimum absolute atomic E-state index is 0.164. The lowest BCUT2D eigenvalue weighted by molar-refractivity contribution is -0.134. The first-order valence-electron chi connectivity index (χ1n) is 6.39. The number of carbonyl (C=O) groups excluding carboxylic acids is 1. The molecule has 0 aromatic heterocycles. The van der Waals surface area contributed by atoms with Gasteiger partial charge < -0.3 is 4.74 Å².